The van der Waals surface area contributed by atoms with Gasteiger partial charge in [-0.2, -0.15) is 4.98 Å². The van der Waals surface area contributed by atoms with Crippen molar-refractivity contribution in [3.8, 4) is 5.88 Å². The van der Waals surface area contributed by atoms with Crippen LogP contribution in [0.25, 0.3) is 0 Å². The summed E-state index contributed by atoms with van der Waals surface area (Å²) in [6.45, 7) is 1.86. The van der Waals surface area contributed by atoms with Crippen LogP contribution in [0.15, 0.2) is 18.2 Å². The molecule has 2 rings (SSSR count). The third-order valence-corrected chi connectivity index (χ3v) is 2.38. The first-order chi connectivity index (χ1) is 7.28. The smallest absolute Gasteiger partial charge is 0.218 e. The minimum atomic E-state index is 0.462. The fourth-order valence-corrected chi connectivity index (χ4v) is 1.66. The van der Waals surface area contributed by atoms with Crippen molar-refractivity contribution in [2.45, 2.75) is 25.8 Å². The van der Waals surface area contributed by atoms with Gasteiger partial charge in [0.25, 0.3) is 0 Å². The van der Waals surface area contributed by atoms with Gasteiger partial charge < -0.3 is 10.1 Å². The lowest BCUT2D eigenvalue weighted by Crippen LogP contribution is -2.16. The maximum atomic E-state index is 5.09. The number of aryl methyl sites for hydroxylation is 1. The van der Waals surface area contributed by atoms with Crippen LogP contribution in [0.4, 0.5) is 5.82 Å². The van der Waals surface area contributed by atoms with Crippen molar-refractivity contribution in [3.05, 3.63) is 24.0 Å². The van der Waals surface area contributed by atoms with Gasteiger partial charge in [-0.15, -0.1) is 0 Å². The van der Waals surface area contributed by atoms with Gasteiger partial charge in [0.1, 0.15) is 11.6 Å². The molecule has 4 nitrogen and oxygen atoms in total. The highest BCUT2D eigenvalue weighted by Crippen LogP contribution is 2.18. The van der Waals surface area contributed by atoms with E-state index < -0.39 is 0 Å². The lowest BCUT2D eigenvalue weighted by atomic mass is 10.2. The number of nitrogens with zero attached hydrogens (tertiary/aromatic N) is 2. The van der Waals surface area contributed by atoms with E-state index in [1.807, 2.05) is 13.0 Å². The van der Waals surface area contributed by atoms with Crippen molar-refractivity contribution in [3.63, 3.8) is 0 Å². The summed E-state index contributed by atoms with van der Waals surface area (Å²) in [5, 5.41) is 3.36. The number of hydrogen-bond donors (Lipinski definition) is 1. The van der Waals surface area contributed by atoms with Crippen molar-refractivity contribution in [1.29, 1.82) is 0 Å². The standard InChI is InChI=1S/C11H15N3O/c1-8-12-10(7-11(13-8)15-2)14-9-5-3-4-6-9/h3-4,7,9H,5-6H2,1-2H3,(H,12,13,14). The summed E-state index contributed by atoms with van der Waals surface area (Å²) < 4.78 is 5.09. The Bertz CT molecular complexity index is 368. The van der Waals surface area contributed by atoms with E-state index in [-0.39, 0.29) is 0 Å². The molecule has 0 unspecified atom stereocenters. The molecule has 80 valence electrons. The maximum absolute atomic E-state index is 5.09. The molecule has 1 aliphatic rings. The number of ether oxygens (including phenoxy) is 1. The van der Waals surface area contributed by atoms with Gasteiger partial charge in [0.05, 0.1) is 7.11 Å². The molecule has 1 heterocycles. The molecule has 0 spiro atoms. The van der Waals surface area contributed by atoms with Crippen LogP contribution >= 0.6 is 0 Å². The van der Waals surface area contributed by atoms with Gasteiger partial charge in [0.15, 0.2) is 0 Å². The van der Waals surface area contributed by atoms with E-state index >= 15 is 0 Å². The van der Waals surface area contributed by atoms with Gasteiger partial charge in [-0.1, -0.05) is 12.2 Å². The summed E-state index contributed by atoms with van der Waals surface area (Å²) in [7, 11) is 1.61. The Kier molecular flexibility index (Phi) is 2.85. The molecule has 0 bridgehead atoms. The van der Waals surface area contributed by atoms with E-state index in [0.717, 1.165) is 24.5 Å². The van der Waals surface area contributed by atoms with Gasteiger partial charge in [0.2, 0.25) is 5.88 Å². The van der Waals surface area contributed by atoms with Crippen LogP contribution in [-0.4, -0.2) is 23.1 Å². The molecular formula is C11H15N3O. The molecule has 0 aromatic carbocycles. The Labute approximate surface area is 89.4 Å². The third-order valence-electron chi connectivity index (χ3n) is 2.38. The highest BCUT2D eigenvalue weighted by Gasteiger charge is 2.11. The minimum absolute atomic E-state index is 0.462. The molecule has 15 heavy (non-hydrogen) atoms. The second kappa shape index (κ2) is 4.29. The van der Waals surface area contributed by atoms with E-state index in [4.69, 9.17) is 4.74 Å². The van der Waals surface area contributed by atoms with Gasteiger partial charge in [-0.25, -0.2) is 4.98 Å². The molecule has 1 N–H and O–H groups in total. The third kappa shape index (κ3) is 2.46. The van der Waals surface area contributed by atoms with Crippen molar-refractivity contribution in [1.82, 2.24) is 9.97 Å². The van der Waals surface area contributed by atoms with Crippen LogP contribution in [0, 0.1) is 6.92 Å². The van der Waals surface area contributed by atoms with E-state index in [1.165, 1.54) is 0 Å². The fraction of sp³-hybridized carbons (Fsp3) is 0.455. The van der Waals surface area contributed by atoms with E-state index in [9.17, 15) is 0 Å². The first kappa shape index (κ1) is 9.96. The molecule has 0 atom stereocenters. The second-order valence-electron chi connectivity index (χ2n) is 3.63. The molecule has 0 fully saturated rings. The number of hydrogen-bond acceptors (Lipinski definition) is 4. The number of nitrogens with one attached hydrogen (secondary N) is 1. The molecule has 0 saturated carbocycles. The second-order valence-corrected chi connectivity index (χ2v) is 3.63. The van der Waals surface area contributed by atoms with Crippen LogP contribution < -0.4 is 10.1 Å². The molecule has 0 radical (unpaired) electrons. The zero-order valence-electron chi connectivity index (χ0n) is 9.03. The summed E-state index contributed by atoms with van der Waals surface area (Å²) in [6.07, 6.45) is 6.49. The summed E-state index contributed by atoms with van der Waals surface area (Å²) >= 11 is 0. The van der Waals surface area contributed by atoms with Gasteiger partial charge >= 0.3 is 0 Å². The molecule has 0 amide bonds. The lowest BCUT2D eigenvalue weighted by molar-refractivity contribution is 0.396. The van der Waals surface area contributed by atoms with Crippen molar-refractivity contribution in [2.24, 2.45) is 0 Å². The summed E-state index contributed by atoms with van der Waals surface area (Å²) in [4.78, 5) is 8.45. The SMILES string of the molecule is COc1cc(NC2CC=CC2)nc(C)n1. The Morgan fingerprint density at radius 1 is 1.33 bits per heavy atom. The fourth-order valence-electron chi connectivity index (χ4n) is 1.66. The van der Waals surface area contributed by atoms with Crippen molar-refractivity contribution < 1.29 is 4.74 Å². The van der Waals surface area contributed by atoms with Crippen LogP contribution in [0.3, 0.4) is 0 Å². The monoisotopic (exact) mass is 205 g/mol. The summed E-state index contributed by atoms with van der Waals surface area (Å²) in [5.74, 6) is 2.17. The topological polar surface area (TPSA) is 47.0 Å². The van der Waals surface area contributed by atoms with Gasteiger partial charge in [0, 0.05) is 12.1 Å². The quantitative estimate of drug-likeness (QED) is 0.766. The lowest BCUT2D eigenvalue weighted by Gasteiger charge is -2.13. The van der Waals surface area contributed by atoms with Crippen LogP contribution in [0.1, 0.15) is 18.7 Å². The zero-order chi connectivity index (χ0) is 10.7. The highest BCUT2D eigenvalue weighted by molar-refractivity contribution is 5.40. The first-order valence-electron chi connectivity index (χ1n) is 5.09. The molecule has 4 heteroatoms. The molecule has 1 aromatic heterocycles. The maximum Gasteiger partial charge on any atom is 0.218 e. The Morgan fingerprint density at radius 2 is 2.07 bits per heavy atom. The van der Waals surface area contributed by atoms with Gasteiger partial charge in [-0.05, 0) is 19.8 Å². The van der Waals surface area contributed by atoms with E-state index in [0.29, 0.717) is 11.9 Å². The Balaban J connectivity index is 2.09. The summed E-state index contributed by atoms with van der Waals surface area (Å²) in [6, 6.07) is 2.29. The predicted molar refractivity (Wildman–Crippen MR) is 59.1 cm³/mol. The number of rotatable bonds is 3. The average Bonchev–Trinajstić information content (AvgIpc) is 2.69. The van der Waals surface area contributed by atoms with E-state index in [2.05, 4.69) is 27.4 Å². The van der Waals surface area contributed by atoms with Crippen LogP contribution in [0.2, 0.25) is 0 Å². The average molecular weight is 205 g/mol. The molecule has 1 aromatic rings. The van der Waals surface area contributed by atoms with Crippen molar-refractivity contribution in [2.75, 3.05) is 12.4 Å². The van der Waals surface area contributed by atoms with Crippen LogP contribution in [0.5, 0.6) is 5.88 Å². The number of anilines is 1. The molecule has 1 aliphatic carbocycles. The first-order valence-corrected chi connectivity index (χ1v) is 5.09. The Morgan fingerprint density at radius 3 is 2.73 bits per heavy atom. The van der Waals surface area contributed by atoms with Gasteiger partial charge in [-0.3, -0.25) is 0 Å². The zero-order valence-corrected chi connectivity index (χ0v) is 9.03. The van der Waals surface area contributed by atoms with Crippen LogP contribution in [-0.2, 0) is 0 Å². The number of aromatic nitrogens is 2. The Hall–Kier alpha value is -1.58. The minimum Gasteiger partial charge on any atom is -0.481 e. The molecular weight excluding hydrogens is 190 g/mol. The highest BCUT2D eigenvalue weighted by atomic mass is 16.5. The number of methoxy groups -OCH3 is 1. The molecule has 0 saturated heterocycles. The largest absolute Gasteiger partial charge is 0.481 e. The normalized spacial score (nSPS) is 15.6. The molecule has 0 aliphatic heterocycles. The van der Waals surface area contributed by atoms with Crippen molar-refractivity contribution >= 4 is 5.82 Å². The van der Waals surface area contributed by atoms with E-state index in [1.54, 1.807) is 7.11 Å². The summed E-state index contributed by atoms with van der Waals surface area (Å²) in [5.41, 5.74) is 0. The predicted octanol–water partition coefficient (Wildman–Crippen LogP) is 1.92.